The highest BCUT2D eigenvalue weighted by molar-refractivity contribution is 6.00. The minimum Gasteiger partial charge on any atom is -0.496 e. The Morgan fingerprint density at radius 1 is 1.13 bits per heavy atom. The first-order valence-electron chi connectivity index (χ1n) is 7.92. The zero-order chi connectivity index (χ0) is 16.4. The van der Waals surface area contributed by atoms with Crippen LogP contribution in [0.5, 0.6) is 11.5 Å². The summed E-state index contributed by atoms with van der Waals surface area (Å²) in [4.78, 5) is 17.5. The van der Waals surface area contributed by atoms with Crippen molar-refractivity contribution in [2.75, 3.05) is 54.1 Å². The van der Waals surface area contributed by atoms with E-state index in [1.165, 1.54) is 0 Å². The van der Waals surface area contributed by atoms with Gasteiger partial charge in [0, 0.05) is 25.6 Å². The molecule has 0 N–H and O–H groups in total. The first-order chi connectivity index (χ1) is 11.1. The van der Waals surface area contributed by atoms with Crippen LogP contribution in [-0.2, 0) is 4.74 Å². The molecule has 1 aromatic rings. The fourth-order valence-corrected chi connectivity index (χ4v) is 3.53. The minimum absolute atomic E-state index is 0.0462. The molecule has 1 amide bonds. The van der Waals surface area contributed by atoms with E-state index in [2.05, 4.69) is 11.9 Å². The Balaban J connectivity index is 1.96. The highest BCUT2D eigenvalue weighted by Gasteiger charge is 2.36. The second-order valence-corrected chi connectivity index (χ2v) is 6.27. The molecule has 126 valence electrons. The van der Waals surface area contributed by atoms with Gasteiger partial charge in [0.15, 0.2) is 0 Å². The largest absolute Gasteiger partial charge is 0.496 e. The van der Waals surface area contributed by atoms with E-state index >= 15 is 0 Å². The SMILES string of the molecule is COc1cccc(OC)c1C(=O)N1C[C@H]2COC[C@@H]1CN(C)C2. The van der Waals surface area contributed by atoms with Crippen LogP contribution in [0, 0.1) is 5.92 Å². The molecule has 6 nitrogen and oxygen atoms in total. The first kappa shape index (κ1) is 16.1. The molecule has 23 heavy (non-hydrogen) atoms. The highest BCUT2D eigenvalue weighted by Crippen LogP contribution is 2.31. The van der Waals surface area contributed by atoms with Gasteiger partial charge in [-0.1, -0.05) is 6.07 Å². The number of ether oxygens (including phenoxy) is 3. The van der Waals surface area contributed by atoms with Crippen molar-refractivity contribution in [2.24, 2.45) is 5.92 Å². The number of carbonyl (C=O) groups is 1. The van der Waals surface area contributed by atoms with E-state index in [0.29, 0.717) is 42.7 Å². The van der Waals surface area contributed by atoms with Crippen LogP contribution >= 0.6 is 0 Å². The van der Waals surface area contributed by atoms with Crippen LogP contribution in [0.1, 0.15) is 10.4 Å². The van der Waals surface area contributed by atoms with Gasteiger partial charge in [-0.05, 0) is 19.2 Å². The number of amides is 1. The van der Waals surface area contributed by atoms with Crippen molar-refractivity contribution in [3.8, 4) is 11.5 Å². The second kappa shape index (κ2) is 6.76. The van der Waals surface area contributed by atoms with Gasteiger partial charge in [0.1, 0.15) is 17.1 Å². The molecule has 0 aliphatic carbocycles. The van der Waals surface area contributed by atoms with E-state index in [1.54, 1.807) is 26.4 Å². The topological polar surface area (TPSA) is 51.2 Å². The number of benzene rings is 1. The fourth-order valence-electron chi connectivity index (χ4n) is 3.53. The number of nitrogens with zero attached hydrogens (tertiary/aromatic N) is 2. The van der Waals surface area contributed by atoms with Gasteiger partial charge in [-0.3, -0.25) is 4.79 Å². The maximum atomic E-state index is 13.3. The number of hydrogen-bond acceptors (Lipinski definition) is 5. The van der Waals surface area contributed by atoms with Crippen LogP contribution in [-0.4, -0.2) is 75.9 Å². The van der Waals surface area contributed by atoms with Gasteiger partial charge < -0.3 is 24.0 Å². The summed E-state index contributed by atoms with van der Waals surface area (Å²) in [5.74, 6) is 1.37. The Kier molecular flexibility index (Phi) is 4.73. The standard InChI is InChI=1S/C17H24N2O4/c1-18-7-12-8-19(13(9-18)11-23-10-12)17(20)16-14(21-2)5-4-6-15(16)22-3/h4-6,12-13H,7-11H2,1-3H3/t12-,13-/m0/s1. The molecule has 2 fully saturated rings. The summed E-state index contributed by atoms with van der Waals surface area (Å²) in [7, 11) is 5.25. The van der Waals surface area contributed by atoms with E-state index in [9.17, 15) is 4.79 Å². The van der Waals surface area contributed by atoms with E-state index in [4.69, 9.17) is 14.2 Å². The smallest absolute Gasteiger partial charge is 0.261 e. The third-order valence-corrected chi connectivity index (χ3v) is 4.55. The zero-order valence-electron chi connectivity index (χ0n) is 13.9. The van der Waals surface area contributed by atoms with Crippen molar-refractivity contribution in [3.63, 3.8) is 0 Å². The van der Waals surface area contributed by atoms with Crippen LogP contribution in [0.25, 0.3) is 0 Å². The Morgan fingerprint density at radius 3 is 2.48 bits per heavy atom. The van der Waals surface area contributed by atoms with Gasteiger partial charge in [-0.25, -0.2) is 0 Å². The average molecular weight is 320 g/mol. The van der Waals surface area contributed by atoms with Crippen LogP contribution in [0.2, 0.25) is 0 Å². The fraction of sp³-hybridized carbons (Fsp3) is 0.588. The molecule has 6 heteroatoms. The van der Waals surface area contributed by atoms with E-state index in [1.807, 2.05) is 11.0 Å². The number of likely N-dealkylation sites (N-methyl/N-ethyl adjacent to an activating group) is 1. The van der Waals surface area contributed by atoms with E-state index in [0.717, 1.165) is 13.1 Å². The Hall–Kier alpha value is -1.79. The Labute approximate surface area is 136 Å². The lowest BCUT2D eigenvalue weighted by Crippen LogP contribution is -2.46. The molecular weight excluding hydrogens is 296 g/mol. The number of hydrogen-bond donors (Lipinski definition) is 0. The lowest BCUT2D eigenvalue weighted by Gasteiger charge is -2.30. The van der Waals surface area contributed by atoms with Gasteiger partial charge in [-0.2, -0.15) is 0 Å². The normalized spacial score (nSPS) is 24.9. The molecule has 0 saturated carbocycles. The van der Waals surface area contributed by atoms with Crippen molar-refractivity contribution >= 4 is 5.91 Å². The van der Waals surface area contributed by atoms with Crippen molar-refractivity contribution in [2.45, 2.75) is 6.04 Å². The molecule has 1 aromatic carbocycles. The predicted molar refractivity (Wildman–Crippen MR) is 86.2 cm³/mol. The molecule has 0 aromatic heterocycles. The average Bonchev–Trinajstić information content (AvgIpc) is 2.83. The molecule has 2 bridgehead atoms. The predicted octanol–water partition coefficient (Wildman–Crippen LogP) is 1.11. The summed E-state index contributed by atoms with van der Waals surface area (Å²) in [5.41, 5.74) is 0.493. The zero-order valence-corrected chi connectivity index (χ0v) is 13.9. The molecule has 0 spiro atoms. The van der Waals surface area contributed by atoms with Crippen LogP contribution in [0.15, 0.2) is 18.2 Å². The molecule has 3 rings (SSSR count). The molecule has 0 radical (unpaired) electrons. The summed E-state index contributed by atoms with van der Waals surface area (Å²) in [6.07, 6.45) is 0. The highest BCUT2D eigenvalue weighted by atomic mass is 16.5. The quantitative estimate of drug-likeness (QED) is 0.835. The lowest BCUT2D eigenvalue weighted by atomic mass is 10.1. The molecule has 0 unspecified atom stereocenters. The lowest BCUT2D eigenvalue weighted by molar-refractivity contribution is 0.0480. The molecule has 2 atom stereocenters. The van der Waals surface area contributed by atoms with Crippen molar-refractivity contribution in [1.29, 1.82) is 0 Å². The summed E-state index contributed by atoms with van der Waals surface area (Å²) in [6.45, 7) is 3.75. The summed E-state index contributed by atoms with van der Waals surface area (Å²) < 4.78 is 16.5. The summed E-state index contributed by atoms with van der Waals surface area (Å²) >= 11 is 0. The van der Waals surface area contributed by atoms with Gasteiger partial charge >= 0.3 is 0 Å². The van der Waals surface area contributed by atoms with Crippen molar-refractivity contribution in [3.05, 3.63) is 23.8 Å². The minimum atomic E-state index is -0.0462. The van der Waals surface area contributed by atoms with Gasteiger partial charge in [-0.15, -0.1) is 0 Å². The first-order valence-corrected chi connectivity index (χ1v) is 7.92. The van der Waals surface area contributed by atoms with Gasteiger partial charge in [0.2, 0.25) is 0 Å². The second-order valence-electron chi connectivity index (χ2n) is 6.27. The number of fused-ring (bicyclic) bond motifs is 3. The van der Waals surface area contributed by atoms with Gasteiger partial charge in [0.25, 0.3) is 5.91 Å². The Bertz CT molecular complexity index is 555. The van der Waals surface area contributed by atoms with Crippen LogP contribution in [0.3, 0.4) is 0 Å². The number of rotatable bonds is 3. The Morgan fingerprint density at radius 2 is 1.83 bits per heavy atom. The van der Waals surface area contributed by atoms with Crippen molar-refractivity contribution in [1.82, 2.24) is 9.80 Å². The number of carbonyl (C=O) groups excluding carboxylic acids is 1. The van der Waals surface area contributed by atoms with Crippen LogP contribution < -0.4 is 9.47 Å². The summed E-state index contributed by atoms with van der Waals surface area (Å²) in [5, 5.41) is 0. The maximum Gasteiger partial charge on any atom is 0.261 e. The molecule has 2 aliphatic heterocycles. The summed E-state index contributed by atoms with van der Waals surface area (Å²) in [6, 6.07) is 5.46. The van der Waals surface area contributed by atoms with E-state index in [-0.39, 0.29) is 11.9 Å². The maximum absolute atomic E-state index is 13.3. The third kappa shape index (κ3) is 3.14. The third-order valence-electron chi connectivity index (χ3n) is 4.55. The number of methoxy groups -OCH3 is 2. The molecule has 2 heterocycles. The van der Waals surface area contributed by atoms with Crippen molar-refractivity contribution < 1.29 is 19.0 Å². The monoisotopic (exact) mass is 320 g/mol. The molecule has 2 saturated heterocycles. The van der Waals surface area contributed by atoms with Gasteiger partial charge in [0.05, 0.1) is 33.5 Å². The molecule has 2 aliphatic rings. The molecular formula is C17H24N2O4. The van der Waals surface area contributed by atoms with E-state index < -0.39 is 0 Å². The van der Waals surface area contributed by atoms with Crippen LogP contribution in [0.4, 0.5) is 0 Å².